The van der Waals surface area contributed by atoms with Crippen LogP contribution in [0.5, 0.6) is 11.5 Å². The smallest absolute Gasteiger partial charge is 0.227 e. The lowest BCUT2D eigenvalue weighted by Gasteiger charge is -2.31. The molecule has 8 heteroatoms. The van der Waals surface area contributed by atoms with Gasteiger partial charge in [0.05, 0.1) is 6.42 Å². The number of rotatable bonds is 3. The first-order chi connectivity index (χ1) is 12.2. The maximum atomic E-state index is 12.6. The minimum atomic E-state index is 0.0603. The fraction of sp³-hybridized carbons (Fsp3) is 0.471. The lowest BCUT2D eigenvalue weighted by atomic mass is 9.95. The van der Waals surface area contributed by atoms with E-state index >= 15 is 0 Å². The van der Waals surface area contributed by atoms with E-state index in [4.69, 9.17) is 25.6 Å². The third-order valence-electron chi connectivity index (χ3n) is 4.64. The Bertz CT molecular complexity index is 758. The van der Waals surface area contributed by atoms with Gasteiger partial charge in [-0.2, -0.15) is 4.98 Å². The predicted octanol–water partition coefficient (Wildman–Crippen LogP) is 2.44. The van der Waals surface area contributed by atoms with Gasteiger partial charge in [0, 0.05) is 30.1 Å². The Morgan fingerprint density at radius 3 is 2.60 bits per heavy atom. The number of carbonyl (C=O) groups excluding carboxylic acids is 1. The molecule has 132 valence electrons. The van der Waals surface area contributed by atoms with Gasteiger partial charge < -0.3 is 18.9 Å². The highest BCUT2D eigenvalue weighted by molar-refractivity contribution is 6.31. The highest BCUT2D eigenvalue weighted by Gasteiger charge is 2.27. The molecule has 7 nitrogen and oxygen atoms in total. The van der Waals surface area contributed by atoms with Crippen molar-refractivity contribution in [1.29, 1.82) is 0 Å². The number of fused-ring (bicyclic) bond motifs is 1. The van der Waals surface area contributed by atoms with Gasteiger partial charge in [0.2, 0.25) is 12.3 Å². The Labute approximate surface area is 149 Å². The van der Waals surface area contributed by atoms with E-state index in [0.717, 1.165) is 24.2 Å². The molecular weight excluding hydrogens is 346 g/mol. The molecule has 0 atom stereocenters. The Kier molecular flexibility index (Phi) is 4.48. The number of carbonyl (C=O) groups is 1. The third-order valence-corrected chi connectivity index (χ3v) is 5.00. The average molecular weight is 364 g/mol. The van der Waals surface area contributed by atoms with E-state index in [1.54, 1.807) is 12.1 Å². The molecule has 0 spiro atoms. The van der Waals surface area contributed by atoms with Crippen LogP contribution in [0.3, 0.4) is 0 Å². The van der Waals surface area contributed by atoms with Gasteiger partial charge >= 0.3 is 0 Å². The second kappa shape index (κ2) is 6.92. The van der Waals surface area contributed by atoms with E-state index in [0.29, 0.717) is 42.8 Å². The van der Waals surface area contributed by atoms with Crippen molar-refractivity contribution in [1.82, 2.24) is 15.0 Å². The van der Waals surface area contributed by atoms with Crippen LogP contribution in [0.1, 0.15) is 30.1 Å². The molecule has 1 aromatic heterocycles. The SMILES string of the molecule is O=C(Cc1cc2c(cc1Cl)OCCO2)N1CCC(c2ncon2)CC1. The van der Waals surface area contributed by atoms with Gasteiger partial charge in [-0.1, -0.05) is 16.8 Å². The Balaban J connectivity index is 1.39. The fourth-order valence-electron chi connectivity index (χ4n) is 3.26. The molecule has 0 saturated carbocycles. The summed E-state index contributed by atoms with van der Waals surface area (Å²) >= 11 is 6.30. The van der Waals surface area contributed by atoms with Crippen LogP contribution < -0.4 is 9.47 Å². The number of benzene rings is 1. The van der Waals surface area contributed by atoms with Crippen molar-refractivity contribution in [3.63, 3.8) is 0 Å². The molecule has 1 aromatic carbocycles. The second-order valence-electron chi connectivity index (χ2n) is 6.21. The molecular formula is C17H18ClN3O4. The van der Waals surface area contributed by atoms with Gasteiger partial charge in [0.1, 0.15) is 13.2 Å². The van der Waals surface area contributed by atoms with Crippen LogP contribution in [0.4, 0.5) is 0 Å². The molecule has 0 bridgehead atoms. The number of hydrogen-bond acceptors (Lipinski definition) is 6. The number of ether oxygens (including phenoxy) is 2. The van der Waals surface area contributed by atoms with Crippen LogP contribution >= 0.6 is 11.6 Å². The molecule has 0 N–H and O–H groups in total. The van der Waals surface area contributed by atoms with Crippen molar-refractivity contribution in [3.8, 4) is 11.5 Å². The summed E-state index contributed by atoms with van der Waals surface area (Å²) in [6, 6.07) is 3.53. The van der Waals surface area contributed by atoms with E-state index < -0.39 is 0 Å². The first-order valence-corrected chi connectivity index (χ1v) is 8.70. The van der Waals surface area contributed by atoms with Crippen LogP contribution in [-0.2, 0) is 11.2 Å². The highest BCUT2D eigenvalue weighted by atomic mass is 35.5. The summed E-state index contributed by atoms with van der Waals surface area (Å²) in [6.45, 7) is 2.38. The molecule has 2 aliphatic rings. The second-order valence-corrected chi connectivity index (χ2v) is 6.62. The van der Waals surface area contributed by atoms with E-state index in [1.807, 2.05) is 4.90 Å². The molecule has 3 heterocycles. The average Bonchev–Trinajstić information content (AvgIpc) is 3.17. The maximum absolute atomic E-state index is 12.6. The van der Waals surface area contributed by atoms with Crippen LogP contribution in [0.15, 0.2) is 23.0 Å². The molecule has 1 saturated heterocycles. The first-order valence-electron chi connectivity index (χ1n) is 8.33. The van der Waals surface area contributed by atoms with E-state index in [2.05, 4.69) is 10.1 Å². The van der Waals surface area contributed by atoms with Gasteiger partial charge in [-0.05, 0) is 24.5 Å². The summed E-state index contributed by atoms with van der Waals surface area (Å²) in [5.41, 5.74) is 0.760. The maximum Gasteiger partial charge on any atom is 0.227 e. The molecule has 4 rings (SSSR count). The zero-order chi connectivity index (χ0) is 17.2. The van der Waals surface area contributed by atoms with Gasteiger partial charge in [0.25, 0.3) is 0 Å². The van der Waals surface area contributed by atoms with Crippen molar-refractivity contribution >= 4 is 17.5 Å². The normalized spacial score (nSPS) is 17.6. The lowest BCUT2D eigenvalue weighted by Crippen LogP contribution is -2.39. The van der Waals surface area contributed by atoms with Crippen molar-refractivity contribution < 1.29 is 18.8 Å². The van der Waals surface area contributed by atoms with Crippen molar-refractivity contribution in [3.05, 3.63) is 34.9 Å². The summed E-state index contributed by atoms with van der Waals surface area (Å²) in [5, 5.41) is 4.42. The minimum absolute atomic E-state index is 0.0603. The third kappa shape index (κ3) is 3.42. The summed E-state index contributed by atoms with van der Waals surface area (Å²) in [4.78, 5) is 18.6. The van der Waals surface area contributed by atoms with Gasteiger partial charge in [-0.25, -0.2) is 0 Å². The summed E-state index contributed by atoms with van der Waals surface area (Å²) in [7, 11) is 0. The van der Waals surface area contributed by atoms with E-state index in [-0.39, 0.29) is 18.2 Å². The molecule has 2 aromatic rings. The van der Waals surface area contributed by atoms with Crippen LogP contribution in [0.2, 0.25) is 5.02 Å². The van der Waals surface area contributed by atoms with E-state index in [9.17, 15) is 4.79 Å². The summed E-state index contributed by atoms with van der Waals surface area (Å²) < 4.78 is 15.9. The standard InChI is InChI=1S/C17H18ClN3O4/c18-13-9-15-14(23-5-6-24-15)7-12(13)8-16(22)21-3-1-11(2-4-21)17-19-10-25-20-17/h7,9-11H,1-6,8H2. The molecule has 1 fully saturated rings. The molecule has 0 unspecified atom stereocenters. The largest absolute Gasteiger partial charge is 0.486 e. The number of hydrogen-bond donors (Lipinski definition) is 0. The molecule has 0 aliphatic carbocycles. The highest BCUT2D eigenvalue weighted by Crippen LogP contribution is 2.36. The van der Waals surface area contributed by atoms with Crippen molar-refractivity contribution in [2.75, 3.05) is 26.3 Å². The summed E-state index contributed by atoms with van der Waals surface area (Å²) in [6.07, 6.45) is 3.26. The number of halogens is 1. The number of piperidine rings is 1. The molecule has 1 amide bonds. The Morgan fingerprint density at radius 1 is 1.20 bits per heavy atom. The van der Waals surface area contributed by atoms with Crippen LogP contribution in [0, 0.1) is 0 Å². The zero-order valence-corrected chi connectivity index (χ0v) is 14.4. The van der Waals surface area contributed by atoms with E-state index in [1.165, 1.54) is 6.39 Å². The van der Waals surface area contributed by atoms with Gasteiger partial charge in [-0.3, -0.25) is 4.79 Å². The van der Waals surface area contributed by atoms with Crippen LogP contribution in [0.25, 0.3) is 0 Å². The molecule has 25 heavy (non-hydrogen) atoms. The zero-order valence-electron chi connectivity index (χ0n) is 13.6. The molecule has 0 radical (unpaired) electrons. The van der Waals surface area contributed by atoms with Crippen molar-refractivity contribution in [2.45, 2.75) is 25.2 Å². The minimum Gasteiger partial charge on any atom is -0.486 e. The monoisotopic (exact) mass is 363 g/mol. The Hall–Kier alpha value is -2.28. The number of nitrogens with zero attached hydrogens (tertiary/aromatic N) is 3. The van der Waals surface area contributed by atoms with Crippen LogP contribution in [-0.4, -0.2) is 47.3 Å². The number of likely N-dealkylation sites (tertiary alicyclic amines) is 1. The fourth-order valence-corrected chi connectivity index (χ4v) is 3.48. The number of aromatic nitrogens is 2. The predicted molar refractivity (Wildman–Crippen MR) is 89.0 cm³/mol. The topological polar surface area (TPSA) is 77.7 Å². The lowest BCUT2D eigenvalue weighted by molar-refractivity contribution is -0.131. The quantitative estimate of drug-likeness (QED) is 0.833. The van der Waals surface area contributed by atoms with Gasteiger partial charge in [-0.15, -0.1) is 0 Å². The van der Waals surface area contributed by atoms with Gasteiger partial charge in [0.15, 0.2) is 17.3 Å². The van der Waals surface area contributed by atoms with Crippen molar-refractivity contribution in [2.24, 2.45) is 0 Å². The molecule has 2 aliphatic heterocycles. The summed E-state index contributed by atoms with van der Waals surface area (Å²) in [5.74, 6) is 2.32. The first kappa shape index (κ1) is 16.2. The Morgan fingerprint density at radius 2 is 1.92 bits per heavy atom. The number of amides is 1.